The Hall–Kier alpha value is -0.200. The molecule has 3 atom stereocenters. The average molecular weight is 286 g/mol. The molecular formula is C15H30N2O3. The van der Waals surface area contributed by atoms with Crippen LogP contribution in [0.15, 0.2) is 0 Å². The molecule has 0 spiro atoms. The van der Waals surface area contributed by atoms with E-state index in [1.54, 1.807) is 0 Å². The Balaban J connectivity index is 1.50. The summed E-state index contributed by atoms with van der Waals surface area (Å²) in [7, 11) is 0. The van der Waals surface area contributed by atoms with Gasteiger partial charge >= 0.3 is 0 Å². The molecule has 2 heterocycles. The third kappa shape index (κ3) is 5.30. The molecule has 0 aromatic heterocycles. The summed E-state index contributed by atoms with van der Waals surface area (Å²) in [6.45, 7) is 7.82. The number of hydrogen-bond acceptors (Lipinski definition) is 5. The van der Waals surface area contributed by atoms with E-state index in [0.717, 1.165) is 39.1 Å². The fraction of sp³-hybridized carbons (Fsp3) is 1.00. The number of hydrogen-bond donors (Lipinski definition) is 2. The van der Waals surface area contributed by atoms with Crippen molar-refractivity contribution in [2.24, 2.45) is 0 Å². The number of fused-ring (bicyclic) bond motifs is 1. The molecule has 2 rings (SSSR count). The van der Waals surface area contributed by atoms with E-state index in [1.165, 1.54) is 19.4 Å². The molecule has 0 saturated carbocycles. The first-order valence-corrected chi connectivity index (χ1v) is 8.11. The summed E-state index contributed by atoms with van der Waals surface area (Å²) in [5, 5.41) is 13.1. The quantitative estimate of drug-likeness (QED) is 0.609. The van der Waals surface area contributed by atoms with E-state index in [-0.39, 0.29) is 6.10 Å². The normalized spacial score (nSPS) is 28.5. The Labute approximate surface area is 122 Å². The minimum absolute atomic E-state index is 0.262. The van der Waals surface area contributed by atoms with Crippen LogP contribution >= 0.6 is 0 Å². The molecule has 20 heavy (non-hydrogen) atoms. The van der Waals surface area contributed by atoms with Gasteiger partial charge in [-0.15, -0.1) is 0 Å². The highest BCUT2D eigenvalue weighted by Gasteiger charge is 2.31. The number of nitrogens with zero attached hydrogens (tertiary/aromatic N) is 1. The maximum Gasteiger partial charge on any atom is 0.0897 e. The Kier molecular flexibility index (Phi) is 7.24. The molecule has 2 saturated heterocycles. The third-order valence-corrected chi connectivity index (χ3v) is 4.17. The lowest BCUT2D eigenvalue weighted by atomic mass is 10.2. The lowest BCUT2D eigenvalue weighted by Gasteiger charge is -2.35. The lowest BCUT2D eigenvalue weighted by Crippen LogP contribution is -2.50. The van der Waals surface area contributed by atoms with Crippen LogP contribution in [0.4, 0.5) is 0 Å². The topological polar surface area (TPSA) is 54.0 Å². The van der Waals surface area contributed by atoms with E-state index in [0.29, 0.717) is 19.2 Å². The van der Waals surface area contributed by atoms with Gasteiger partial charge in [-0.1, -0.05) is 13.3 Å². The Morgan fingerprint density at radius 3 is 3.25 bits per heavy atom. The predicted octanol–water partition coefficient (Wildman–Crippen LogP) is 0.617. The zero-order valence-corrected chi connectivity index (χ0v) is 12.7. The SMILES string of the molecule is CCCCOCC(O)CNCC1CN2CCCC2CO1. The summed E-state index contributed by atoms with van der Waals surface area (Å²) in [6, 6.07) is 0.656. The lowest BCUT2D eigenvalue weighted by molar-refractivity contribution is -0.0484. The molecule has 5 nitrogen and oxygen atoms in total. The monoisotopic (exact) mass is 286 g/mol. The molecule has 5 heteroatoms. The van der Waals surface area contributed by atoms with Gasteiger partial charge in [0, 0.05) is 32.3 Å². The van der Waals surface area contributed by atoms with Crippen LogP contribution in [-0.4, -0.2) is 74.3 Å². The van der Waals surface area contributed by atoms with E-state index >= 15 is 0 Å². The minimum Gasteiger partial charge on any atom is -0.389 e. The average Bonchev–Trinajstić information content (AvgIpc) is 2.91. The number of ether oxygens (including phenoxy) is 2. The minimum atomic E-state index is -0.421. The van der Waals surface area contributed by atoms with Crippen LogP contribution < -0.4 is 5.32 Å². The van der Waals surface area contributed by atoms with Crippen molar-refractivity contribution in [3.63, 3.8) is 0 Å². The molecule has 0 aromatic carbocycles. The van der Waals surface area contributed by atoms with Crippen molar-refractivity contribution < 1.29 is 14.6 Å². The first-order valence-electron chi connectivity index (χ1n) is 8.11. The van der Waals surface area contributed by atoms with Gasteiger partial charge in [-0.25, -0.2) is 0 Å². The maximum atomic E-state index is 9.79. The van der Waals surface area contributed by atoms with Gasteiger partial charge in [0.25, 0.3) is 0 Å². The Morgan fingerprint density at radius 2 is 2.40 bits per heavy atom. The number of aliphatic hydroxyl groups is 1. The number of unbranched alkanes of at least 4 members (excludes halogenated alkanes) is 1. The molecule has 0 radical (unpaired) electrons. The van der Waals surface area contributed by atoms with Gasteiger partial charge in [0.15, 0.2) is 0 Å². The van der Waals surface area contributed by atoms with Gasteiger partial charge in [-0.05, 0) is 25.8 Å². The summed E-state index contributed by atoms with van der Waals surface area (Å²) < 4.78 is 11.3. The number of morpholine rings is 1. The highest BCUT2D eigenvalue weighted by atomic mass is 16.5. The second-order valence-electron chi connectivity index (χ2n) is 5.99. The molecule has 2 N–H and O–H groups in total. The summed E-state index contributed by atoms with van der Waals surface area (Å²) in [5.74, 6) is 0. The van der Waals surface area contributed by atoms with Crippen molar-refractivity contribution in [2.45, 2.75) is 50.9 Å². The van der Waals surface area contributed by atoms with Crippen molar-refractivity contribution in [3.8, 4) is 0 Å². The fourth-order valence-electron chi connectivity index (χ4n) is 2.94. The molecule has 0 bridgehead atoms. The second kappa shape index (κ2) is 8.95. The standard InChI is InChI=1S/C15H30N2O3/c1-2-3-7-19-12-14(18)8-16-9-15-10-17-6-4-5-13(17)11-20-15/h13-16,18H,2-12H2,1H3. The fourth-order valence-corrected chi connectivity index (χ4v) is 2.94. The maximum absolute atomic E-state index is 9.79. The number of aliphatic hydroxyl groups excluding tert-OH is 1. The summed E-state index contributed by atoms with van der Waals surface area (Å²) in [6.07, 6.45) is 4.63. The zero-order chi connectivity index (χ0) is 14.2. The molecule has 0 amide bonds. The van der Waals surface area contributed by atoms with E-state index < -0.39 is 6.10 Å². The van der Waals surface area contributed by atoms with Gasteiger partial charge < -0.3 is 19.9 Å². The van der Waals surface area contributed by atoms with Crippen molar-refractivity contribution >= 4 is 0 Å². The first-order chi connectivity index (χ1) is 9.79. The van der Waals surface area contributed by atoms with Crippen LogP contribution in [0, 0.1) is 0 Å². The highest BCUT2D eigenvalue weighted by molar-refractivity contribution is 4.85. The van der Waals surface area contributed by atoms with Gasteiger partial charge in [0.2, 0.25) is 0 Å². The molecule has 3 unspecified atom stereocenters. The molecule has 118 valence electrons. The van der Waals surface area contributed by atoms with E-state index in [2.05, 4.69) is 17.1 Å². The highest BCUT2D eigenvalue weighted by Crippen LogP contribution is 2.22. The molecule has 0 aromatic rings. The Bertz CT molecular complexity index is 266. The summed E-state index contributed by atoms with van der Waals surface area (Å²) in [4.78, 5) is 2.54. The van der Waals surface area contributed by atoms with Crippen molar-refractivity contribution in [1.29, 1.82) is 0 Å². The number of nitrogens with one attached hydrogen (secondary N) is 1. The summed E-state index contributed by atoms with van der Waals surface area (Å²) >= 11 is 0. The van der Waals surface area contributed by atoms with Gasteiger partial charge in [0.1, 0.15) is 0 Å². The van der Waals surface area contributed by atoms with E-state index in [9.17, 15) is 5.11 Å². The largest absolute Gasteiger partial charge is 0.389 e. The predicted molar refractivity (Wildman–Crippen MR) is 78.9 cm³/mol. The van der Waals surface area contributed by atoms with Crippen molar-refractivity contribution in [2.75, 3.05) is 46.0 Å². The summed E-state index contributed by atoms with van der Waals surface area (Å²) in [5.41, 5.74) is 0. The molecule has 2 fully saturated rings. The number of rotatable bonds is 9. The van der Waals surface area contributed by atoms with Gasteiger partial charge in [-0.3, -0.25) is 4.90 Å². The molecule has 2 aliphatic heterocycles. The zero-order valence-electron chi connectivity index (χ0n) is 12.7. The molecule has 2 aliphatic rings. The van der Waals surface area contributed by atoms with Crippen LogP contribution in [0.3, 0.4) is 0 Å². The van der Waals surface area contributed by atoms with Crippen LogP contribution in [0.2, 0.25) is 0 Å². The van der Waals surface area contributed by atoms with Crippen molar-refractivity contribution in [1.82, 2.24) is 10.2 Å². The Morgan fingerprint density at radius 1 is 1.50 bits per heavy atom. The third-order valence-electron chi connectivity index (χ3n) is 4.17. The smallest absolute Gasteiger partial charge is 0.0897 e. The first kappa shape index (κ1) is 16.2. The van der Waals surface area contributed by atoms with Crippen LogP contribution in [0.5, 0.6) is 0 Å². The van der Waals surface area contributed by atoms with Crippen LogP contribution in [-0.2, 0) is 9.47 Å². The van der Waals surface area contributed by atoms with Crippen molar-refractivity contribution in [3.05, 3.63) is 0 Å². The molecule has 0 aliphatic carbocycles. The van der Waals surface area contributed by atoms with Crippen LogP contribution in [0.25, 0.3) is 0 Å². The molecular weight excluding hydrogens is 256 g/mol. The van der Waals surface area contributed by atoms with Gasteiger partial charge in [0.05, 0.1) is 25.4 Å². The van der Waals surface area contributed by atoms with E-state index in [4.69, 9.17) is 9.47 Å². The van der Waals surface area contributed by atoms with Crippen LogP contribution in [0.1, 0.15) is 32.6 Å². The van der Waals surface area contributed by atoms with Gasteiger partial charge in [-0.2, -0.15) is 0 Å². The van der Waals surface area contributed by atoms with E-state index in [1.807, 2.05) is 0 Å². The second-order valence-corrected chi connectivity index (χ2v) is 5.99.